The highest BCUT2D eigenvalue weighted by molar-refractivity contribution is 8.00. The number of nitrogens with zero attached hydrogens (tertiary/aromatic N) is 3. The highest BCUT2D eigenvalue weighted by atomic mass is 32.2. The molecular formula is C24H22FN5O3S. The summed E-state index contributed by atoms with van der Waals surface area (Å²) in [5, 5.41) is 13.8. The van der Waals surface area contributed by atoms with E-state index in [2.05, 4.69) is 20.9 Å². The van der Waals surface area contributed by atoms with Crippen LogP contribution in [-0.4, -0.2) is 38.3 Å². The van der Waals surface area contributed by atoms with E-state index in [4.69, 9.17) is 4.52 Å². The summed E-state index contributed by atoms with van der Waals surface area (Å²) < 4.78 is 20.0. The van der Waals surface area contributed by atoms with Crippen molar-refractivity contribution in [2.75, 3.05) is 16.8 Å². The number of hydrogen-bond donors (Lipinski definition) is 2. The van der Waals surface area contributed by atoms with Crippen LogP contribution in [0.1, 0.15) is 11.3 Å². The molecule has 0 aliphatic rings. The van der Waals surface area contributed by atoms with Gasteiger partial charge in [0.2, 0.25) is 11.8 Å². The Morgan fingerprint density at radius 1 is 1.06 bits per heavy atom. The number of benzene rings is 2. The fraction of sp³-hybridized carbons (Fsp3) is 0.167. The van der Waals surface area contributed by atoms with Gasteiger partial charge in [0.25, 0.3) is 0 Å². The summed E-state index contributed by atoms with van der Waals surface area (Å²) in [6.07, 6.45) is 1.84. The molecule has 0 aliphatic heterocycles. The third-order valence-corrected chi connectivity index (χ3v) is 5.70. The van der Waals surface area contributed by atoms with Gasteiger partial charge in [-0.05, 0) is 43.3 Å². The minimum Gasteiger partial charge on any atom is -0.360 e. The Morgan fingerprint density at radius 3 is 2.50 bits per heavy atom. The predicted octanol–water partition coefficient (Wildman–Crippen LogP) is 3.96. The van der Waals surface area contributed by atoms with Crippen LogP contribution in [0.3, 0.4) is 0 Å². The van der Waals surface area contributed by atoms with Crippen molar-refractivity contribution in [1.29, 1.82) is 0 Å². The van der Waals surface area contributed by atoms with Crippen LogP contribution in [0.25, 0.3) is 16.9 Å². The van der Waals surface area contributed by atoms with E-state index in [0.717, 1.165) is 16.8 Å². The zero-order valence-electron chi connectivity index (χ0n) is 18.3. The largest absolute Gasteiger partial charge is 0.360 e. The Labute approximate surface area is 199 Å². The molecule has 0 atom stereocenters. The van der Waals surface area contributed by atoms with Gasteiger partial charge in [0.15, 0.2) is 5.82 Å². The maximum atomic E-state index is 13.4. The Hall–Kier alpha value is -3.92. The summed E-state index contributed by atoms with van der Waals surface area (Å²) in [5.74, 6) is 0.340. The first-order valence-electron chi connectivity index (χ1n) is 10.5. The number of rotatable bonds is 9. The molecule has 2 aromatic carbocycles. The van der Waals surface area contributed by atoms with Gasteiger partial charge in [-0.25, -0.2) is 9.07 Å². The van der Waals surface area contributed by atoms with Gasteiger partial charge in [0.05, 0.1) is 22.9 Å². The molecule has 0 radical (unpaired) electrons. The van der Waals surface area contributed by atoms with Crippen molar-refractivity contribution < 1.29 is 18.5 Å². The van der Waals surface area contributed by atoms with Gasteiger partial charge < -0.3 is 15.2 Å². The maximum Gasteiger partial charge on any atom is 0.235 e. The normalized spacial score (nSPS) is 10.8. The number of thioether (sulfide) groups is 1. The molecule has 2 N–H and O–H groups in total. The molecule has 0 aliphatic carbocycles. The minimum absolute atomic E-state index is 0.103. The number of para-hydroxylation sites is 1. The molecule has 0 spiro atoms. The predicted molar refractivity (Wildman–Crippen MR) is 128 cm³/mol. The van der Waals surface area contributed by atoms with E-state index in [0.29, 0.717) is 17.3 Å². The number of aromatic nitrogens is 3. The molecule has 10 heteroatoms. The molecule has 4 aromatic rings. The van der Waals surface area contributed by atoms with Crippen LogP contribution in [0.4, 0.5) is 10.2 Å². The highest BCUT2D eigenvalue weighted by Gasteiger charge is 2.14. The van der Waals surface area contributed by atoms with E-state index in [-0.39, 0.29) is 35.7 Å². The summed E-state index contributed by atoms with van der Waals surface area (Å²) in [5.41, 5.74) is 3.05. The number of amides is 2. The average Bonchev–Trinajstić information content (AvgIpc) is 3.45. The first kappa shape index (κ1) is 23.2. The van der Waals surface area contributed by atoms with Crippen molar-refractivity contribution >= 4 is 29.4 Å². The molecule has 8 nitrogen and oxygen atoms in total. The van der Waals surface area contributed by atoms with E-state index < -0.39 is 0 Å². The second-order valence-corrected chi connectivity index (χ2v) is 8.42. The standard InChI is InChI=1S/C24H22FN5O3S/c1-16-11-21(29-33-16)27-23(32)15-34-14-22(31)26-12-18-13-30(20-5-3-2-4-6-20)28-24(18)17-7-9-19(25)10-8-17/h2-11,13H,12,14-15H2,1H3,(H,26,31)(H,27,29,32). The molecular weight excluding hydrogens is 457 g/mol. The second-order valence-electron chi connectivity index (χ2n) is 7.43. The Balaban J connectivity index is 1.36. The van der Waals surface area contributed by atoms with E-state index >= 15 is 0 Å². The molecule has 4 rings (SSSR count). The van der Waals surface area contributed by atoms with Crippen molar-refractivity contribution in [2.45, 2.75) is 13.5 Å². The van der Waals surface area contributed by atoms with E-state index in [9.17, 15) is 14.0 Å². The van der Waals surface area contributed by atoms with Gasteiger partial charge in [0, 0.05) is 29.9 Å². The molecule has 2 aromatic heterocycles. The lowest BCUT2D eigenvalue weighted by atomic mass is 10.1. The Kier molecular flexibility index (Phi) is 7.38. The summed E-state index contributed by atoms with van der Waals surface area (Å²) in [4.78, 5) is 24.3. The van der Waals surface area contributed by atoms with Gasteiger partial charge in [-0.15, -0.1) is 11.8 Å². The van der Waals surface area contributed by atoms with Gasteiger partial charge in [-0.1, -0.05) is 23.4 Å². The summed E-state index contributed by atoms with van der Waals surface area (Å²) >= 11 is 1.19. The van der Waals surface area contributed by atoms with E-state index in [1.165, 1.54) is 23.9 Å². The minimum atomic E-state index is -0.333. The van der Waals surface area contributed by atoms with Crippen molar-refractivity contribution in [3.05, 3.63) is 84.0 Å². The van der Waals surface area contributed by atoms with Crippen LogP contribution < -0.4 is 10.6 Å². The number of aryl methyl sites for hydroxylation is 1. The molecule has 0 saturated heterocycles. The van der Waals surface area contributed by atoms with Crippen LogP contribution in [-0.2, 0) is 16.1 Å². The van der Waals surface area contributed by atoms with Crippen molar-refractivity contribution in [3.63, 3.8) is 0 Å². The molecule has 0 bridgehead atoms. The van der Waals surface area contributed by atoms with Crippen molar-refractivity contribution in [3.8, 4) is 16.9 Å². The smallest absolute Gasteiger partial charge is 0.235 e. The van der Waals surface area contributed by atoms with E-state index in [1.54, 1.807) is 29.8 Å². The number of hydrogen-bond acceptors (Lipinski definition) is 6. The van der Waals surface area contributed by atoms with Crippen molar-refractivity contribution in [1.82, 2.24) is 20.3 Å². The van der Waals surface area contributed by atoms with Gasteiger partial charge in [-0.2, -0.15) is 5.10 Å². The topological polar surface area (TPSA) is 102 Å². The molecule has 2 amide bonds. The SMILES string of the molecule is Cc1cc(NC(=O)CSCC(=O)NCc2cn(-c3ccccc3)nc2-c2ccc(F)cc2)no1. The second kappa shape index (κ2) is 10.8. The molecule has 34 heavy (non-hydrogen) atoms. The quantitative estimate of drug-likeness (QED) is 0.377. The number of halogens is 1. The monoisotopic (exact) mass is 479 g/mol. The third kappa shape index (κ3) is 6.10. The zero-order chi connectivity index (χ0) is 23.9. The summed E-state index contributed by atoms with van der Waals surface area (Å²) in [6, 6.07) is 17.3. The zero-order valence-corrected chi connectivity index (χ0v) is 19.1. The molecule has 0 unspecified atom stereocenters. The molecule has 2 heterocycles. The lowest BCUT2D eigenvalue weighted by molar-refractivity contribution is -0.118. The van der Waals surface area contributed by atoms with Crippen LogP contribution in [0.15, 0.2) is 71.4 Å². The average molecular weight is 480 g/mol. The fourth-order valence-corrected chi connectivity index (χ4v) is 3.84. The number of carbonyl (C=O) groups is 2. The van der Waals surface area contributed by atoms with Crippen molar-refractivity contribution in [2.24, 2.45) is 0 Å². The molecule has 0 fully saturated rings. The lowest BCUT2D eigenvalue weighted by Gasteiger charge is -2.06. The highest BCUT2D eigenvalue weighted by Crippen LogP contribution is 2.24. The Morgan fingerprint density at radius 2 is 1.79 bits per heavy atom. The fourth-order valence-electron chi connectivity index (χ4n) is 3.19. The first-order chi connectivity index (χ1) is 16.5. The van der Waals surface area contributed by atoms with Crippen LogP contribution in [0.2, 0.25) is 0 Å². The van der Waals surface area contributed by atoms with Gasteiger partial charge in [0.1, 0.15) is 11.6 Å². The van der Waals surface area contributed by atoms with Gasteiger partial charge in [-0.3, -0.25) is 9.59 Å². The number of nitrogens with one attached hydrogen (secondary N) is 2. The number of anilines is 1. The van der Waals surface area contributed by atoms with E-state index in [1.807, 2.05) is 36.5 Å². The third-order valence-electron chi connectivity index (χ3n) is 4.77. The van der Waals surface area contributed by atoms with Crippen LogP contribution in [0.5, 0.6) is 0 Å². The maximum absolute atomic E-state index is 13.4. The van der Waals surface area contributed by atoms with Crippen LogP contribution in [0, 0.1) is 12.7 Å². The van der Waals surface area contributed by atoms with Crippen LogP contribution >= 0.6 is 11.8 Å². The Bertz CT molecular complexity index is 1270. The first-order valence-corrected chi connectivity index (χ1v) is 11.6. The summed E-state index contributed by atoms with van der Waals surface area (Å²) in [6.45, 7) is 1.97. The summed E-state index contributed by atoms with van der Waals surface area (Å²) in [7, 11) is 0. The molecule has 174 valence electrons. The molecule has 0 saturated carbocycles. The number of carbonyl (C=O) groups excluding carboxylic acids is 2. The lowest BCUT2D eigenvalue weighted by Crippen LogP contribution is -2.25. The van der Waals surface area contributed by atoms with Gasteiger partial charge >= 0.3 is 0 Å².